The van der Waals surface area contributed by atoms with Gasteiger partial charge in [0.05, 0.1) is 6.04 Å². The molecule has 0 N–H and O–H groups in total. The predicted molar refractivity (Wildman–Crippen MR) is 133 cm³/mol. The fourth-order valence-corrected chi connectivity index (χ4v) is 4.56. The molecule has 35 heavy (non-hydrogen) atoms. The minimum atomic E-state index is -0.481. The van der Waals surface area contributed by atoms with E-state index >= 15 is 0 Å². The van der Waals surface area contributed by atoms with Crippen LogP contribution in [-0.4, -0.2) is 28.9 Å². The smallest absolute Gasteiger partial charge is 0.352 e. The first-order chi connectivity index (χ1) is 17.2. The van der Waals surface area contributed by atoms with E-state index in [0.717, 1.165) is 66.4 Å². The summed E-state index contributed by atoms with van der Waals surface area (Å²) in [4.78, 5) is 28.2. The Morgan fingerprint density at radius 3 is 2.49 bits per heavy atom. The molecule has 1 fully saturated rings. The minimum absolute atomic E-state index is 0.135. The Morgan fingerprint density at radius 1 is 1.00 bits per heavy atom. The second-order valence-electron chi connectivity index (χ2n) is 8.71. The molecule has 178 valence electrons. The molecule has 0 radical (unpaired) electrons. The maximum atomic E-state index is 11.0. The van der Waals surface area contributed by atoms with Crippen LogP contribution in [0.25, 0.3) is 22.6 Å². The molecule has 0 aliphatic carbocycles. The second kappa shape index (κ2) is 10.6. The lowest BCUT2D eigenvalue weighted by molar-refractivity contribution is -0.210. The number of nitrogens with zero attached hydrogens (tertiary/aromatic N) is 2. The van der Waals surface area contributed by atoms with E-state index in [1.807, 2.05) is 48.5 Å². The summed E-state index contributed by atoms with van der Waals surface area (Å²) in [5.41, 5.74) is 4.08. The highest BCUT2D eigenvalue weighted by molar-refractivity contribution is 5.76. The van der Waals surface area contributed by atoms with E-state index in [9.17, 15) is 4.79 Å². The normalized spacial score (nSPS) is 15.7. The molecule has 1 aliphatic heterocycles. The molecule has 0 saturated carbocycles. The van der Waals surface area contributed by atoms with Crippen LogP contribution in [0.15, 0.2) is 89.3 Å². The Morgan fingerprint density at radius 2 is 1.74 bits per heavy atom. The number of carbonyl (C=O) groups is 1. The van der Waals surface area contributed by atoms with Crippen molar-refractivity contribution in [2.75, 3.05) is 13.1 Å². The van der Waals surface area contributed by atoms with Crippen molar-refractivity contribution >= 4 is 5.97 Å². The van der Waals surface area contributed by atoms with Gasteiger partial charge in [-0.25, -0.2) is 9.78 Å². The van der Waals surface area contributed by atoms with Gasteiger partial charge in [0.25, 0.3) is 0 Å². The molecule has 0 unspecified atom stereocenters. The standard InChI is InChI=1S/C29H28N2O4/c1-21(32)34-35-25-15-8-10-22(20-25)17-19-31-18-9-16-26(31)29-30-27(23-11-4-2-5-12-23)28(33-29)24-13-6-3-7-14-24/h2-8,10-15,20,26H,9,16-19H2,1H3/t26-/m1/s1. The van der Waals surface area contributed by atoms with Crippen LogP contribution < -0.4 is 4.89 Å². The van der Waals surface area contributed by atoms with Gasteiger partial charge in [-0.3, -0.25) is 14.7 Å². The van der Waals surface area contributed by atoms with Gasteiger partial charge in [-0.05, 0) is 43.5 Å². The molecule has 1 aliphatic rings. The third-order valence-electron chi connectivity index (χ3n) is 6.22. The summed E-state index contributed by atoms with van der Waals surface area (Å²) in [5, 5.41) is 0. The molecule has 0 bridgehead atoms. The van der Waals surface area contributed by atoms with Crippen LogP contribution >= 0.6 is 0 Å². The van der Waals surface area contributed by atoms with Crippen LogP contribution in [0.3, 0.4) is 0 Å². The summed E-state index contributed by atoms with van der Waals surface area (Å²) in [6.45, 7) is 3.18. The first-order valence-electron chi connectivity index (χ1n) is 12.0. The average molecular weight is 469 g/mol. The van der Waals surface area contributed by atoms with Gasteiger partial charge in [-0.2, -0.15) is 0 Å². The van der Waals surface area contributed by atoms with E-state index < -0.39 is 5.97 Å². The van der Waals surface area contributed by atoms with Gasteiger partial charge in [-0.1, -0.05) is 72.8 Å². The van der Waals surface area contributed by atoms with Crippen molar-refractivity contribution in [1.29, 1.82) is 0 Å². The largest absolute Gasteiger partial charge is 0.438 e. The Balaban J connectivity index is 1.36. The number of rotatable bonds is 8. The summed E-state index contributed by atoms with van der Waals surface area (Å²) in [7, 11) is 0. The maximum Gasteiger partial charge on any atom is 0.352 e. The zero-order valence-corrected chi connectivity index (χ0v) is 19.7. The number of likely N-dealkylation sites (tertiary alicyclic amines) is 1. The molecule has 5 rings (SSSR count). The Hall–Kier alpha value is -3.90. The summed E-state index contributed by atoms with van der Waals surface area (Å²) in [6, 6.07) is 28.2. The Kier molecular flexibility index (Phi) is 6.91. The van der Waals surface area contributed by atoms with Gasteiger partial charge in [0.15, 0.2) is 11.5 Å². The molecule has 1 aromatic heterocycles. The van der Waals surface area contributed by atoms with Crippen molar-refractivity contribution < 1.29 is 19.0 Å². The first kappa shape index (κ1) is 22.9. The third-order valence-corrected chi connectivity index (χ3v) is 6.22. The molecule has 3 aromatic carbocycles. The zero-order chi connectivity index (χ0) is 24.0. The van der Waals surface area contributed by atoms with E-state index in [-0.39, 0.29) is 6.04 Å². The molecule has 4 aromatic rings. The summed E-state index contributed by atoms with van der Waals surface area (Å²) >= 11 is 0. The molecule has 6 heteroatoms. The molecular weight excluding hydrogens is 440 g/mol. The van der Waals surface area contributed by atoms with Crippen molar-refractivity contribution in [3.63, 3.8) is 0 Å². The van der Waals surface area contributed by atoms with E-state index in [4.69, 9.17) is 14.3 Å². The number of aromatic nitrogens is 1. The minimum Gasteiger partial charge on any atom is -0.438 e. The fourth-order valence-electron chi connectivity index (χ4n) is 4.56. The topological polar surface area (TPSA) is 64.8 Å². The summed E-state index contributed by atoms with van der Waals surface area (Å²) < 4.78 is 6.47. The highest BCUT2D eigenvalue weighted by Gasteiger charge is 2.31. The molecule has 0 spiro atoms. The molecule has 2 heterocycles. The molecule has 6 nitrogen and oxygen atoms in total. The van der Waals surface area contributed by atoms with Crippen molar-refractivity contribution in [1.82, 2.24) is 9.88 Å². The molecule has 1 atom stereocenters. The van der Waals surface area contributed by atoms with Crippen LogP contribution in [-0.2, 0) is 16.1 Å². The van der Waals surface area contributed by atoms with Gasteiger partial charge < -0.3 is 4.42 Å². The lowest BCUT2D eigenvalue weighted by Crippen LogP contribution is -2.26. The van der Waals surface area contributed by atoms with E-state index in [1.165, 1.54) is 6.92 Å². The average Bonchev–Trinajstić information content (AvgIpc) is 3.55. The Labute approximate surface area is 205 Å². The van der Waals surface area contributed by atoms with Crippen LogP contribution in [0.2, 0.25) is 0 Å². The van der Waals surface area contributed by atoms with Crippen molar-refractivity contribution in [2.24, 2.45) is 0 Å². The van der Waals surface area contributed by atoms with E-state index in [0.29, 0.717) is 5.75 Å². The molecule has 1 saturated heterocycles. The van der Waals surface area contributed by atoms with Gasteiger partial charge in [-0.15, -0.1) is 0 Å². The first-order valence-corrected chi connectivity index (χ1v) is 12.0. The van der Waals surface area contributed by atoms with Crippen molar-refractivity contribution in [3.8, 4) is 28.3 Å². The SMILES string of the molecule is CC(=O)OOc1cccc(CCN2CCC[C@@H]2c2nc(-c3ccccc3)c(-c3ccccc3)o2)c1. The Bertz CT molecular complexity index is 1210. The third kappa shape index (κ3) is 5.44. The van der Waals surface area contributed by atoms with Crippen LogP contribution in [0, 0.1) is 0 Å². The number of hydrogen-bond donors (Lipinski definition) is 0. The van der Waals surface area contributed by atoms with Gasteiger partial charge in [0.2, 0.25) is 5.89 Å². The second-order valence-corrected chi connectivity index (χ2v) is 8.71. The van der Waals surface area contributed by atoms with Crippen molar-refractivity contribution in [3.05, 3.63) is 96.4 Å². The summed E-state index contributed by atoms with van der Waals surface area (Å²) in [5.74, 6) is 1.62. The monoisotopic (exact) mass is 468 g/mol. The maximum absolute atomic E-state index is 11.0. The van der Waals surface area contributed by atoms with Crippen molar-refractivity contribution in [2.45, 2.75) is 32.2 Å². The number of benzene rings is 3. The van der Waals surface area contributed by atoms with E-state index in [2.05, 4.69) is 40.1 Å². The van der Waals surface area contributed by atoms with E-state index in [1.54, 1.807) is 6.07 Å². The predicted octanol–water partition coefficient (Wildman–Crippen LogP) is 6.25. The number of hydrogen-bond acceptors (Lipinski definition) is 6. The zero-order valence-electron chi connectivity index (χ0n) is 19.7. The highest BCUT2D eigenvalue weighted by atomic mass is 17.2. The number of oxazole rings is 1. The quantitative estimate of drug-likeness (QED) is 0.225. The fraction of sp³-hybridized carbons (Fsp3) is 0.241. The number of carbonyl (C=O) groups excluding carboxylic acids is 1. The van der Waals surface area contributed by atoms with Crippen LogP contribution in [0.1, 0.15) is 37.3 Å². The lowest BCUT2D eigenvalue weighted by atomic mass is 10.1. The summed E-state index contributed by atoms with van der Waals surface area (Å²) in [6.07, 6.45) is 2.95. The lowest BCUT2D eigenvalue weighted by Gasteiger charge is -2.22. The highest BCUT2D eigenvalue weighted by Crippen LogP contribution is 2.38. The van der Waals surface area contributed by atoms with Gasteiger partial charge in [0, 0.05) is 24.6 Å². The molecule has 0 amide bonds. The van der Waals surface area contributed by atoms with Gasteiger partial charge in [0.1, 0.15) is 5.69 Å². The van der Waals surface area contributed by atoms with Gasteiger partial charge >= 0.3 is 5.97 Å². The van der Waals surface area contributed by atoms with Crippen LogP contribution in [0.5, 0.6) is 5.75 Å². The van der Waals surface area contributed by atoms with Crippen LogP contribution in [0.4, 0.5) is 0 Å². The molecular formula is C29H28N2O4.